The predicted molar refractivity (Wildman–Crippen MR) is 90.2 cm³/mol. The summed E-state index contributed by atoms with van der Waals surface area (Å²) in [5, 5.41) is 9.57. The van der Waals surface area contributed by atoms with Crippen LogP contribution in [0.4, 0.5) is 5.69 Å². The molecule has 0 aromatic heterocycles. The standard InChI is InChI=1S/C15H25ClN4O/c1-4-20(5-2)9-8-18-19-15-10-13(16)6-7-14(15)12(3)17-11-21/h6-7,10,18-19,21H,4-5,8-9,11H2,1-3H3/b17-12+. The van der Waals surface area contributed by atoms with Crippen LogP contribution in [0.5, 0.6) is 0 Å². The van der Waals surface area contributed by atoms with Gasteiger partial charge in [0, 0.05) is 29.4 Å². The lowest BCUT2D eigenvalue weighted by Crippen LogP contribution is -2.34. The predicted octanol–water partition coefficient (Wildman–Crippen LogP) is 2.36. The highest BCUT2D eigenvalue weighted by Crippen LogP contribution is 2.21. The average molecular weight is 313 g/mol. The molecule has 0 heterocycles. The molecule has 0 bridgehead atoms. The summed E-state index contributed by atoms with van der Waals surface area (Å²) in [6, 6.07) is 5.55. The fraction of sp³-hybridized carbons (Fsp3) is 0.533. The van der Waals surface area contributed by atoms with Gasteiger partial charge in [0.15, 0.2) is 0 Å². The van der Waals surface area contributed by atoms with Crippen molar-refractivity contribution in [3.8, 4) is 0 Å². The Morgan fingerprint density at radius 3 is 2.67 bits per heavy atom. The second kappa shape index (κ2) is 9.73. The van der Waals surface area contributed by atoms with Gasteiger partial charge in [-0.05, 0) is 38.2 Å². The van der Waals surface area contributed by atoms with Gasteiger partial charge in [0.25, 0.3) is 0 Å². The minimum atomic E-state index is -0.219. The minimum Gasteiger partial charge on any atom is -0.375 e. The van der Waals surface area contributed by atoms with Crippen LogP contribution in [0, 0.1) is 0 Å². The maximum Gasteiger partial charge on any atom is 0.134 e. The molecule has 0 spiro atoms. The van der Waals surface area contributed by atoms with E-state index in [1.807, 2.05) is 25.1 Å². The molecule has 21 heavy (non-hydrogen) atoms. The third-order valence-corrected chi connectivity index (χ3v) is 3.58. The van der Waals surface area contributed by atoms with E-state index in [0.29, 0.717) is 5.02 Å². The summed E-state index contributed by atoms with van der Waals surface area (Å²) >= 11 is 6.04. The van der Waals surface area contributed by atoms with Crippen LogP contribution < -0.4 is 10.9 Å². The number of aliphatic hydroxyl groups excluding tert-OH is 1. The van der Waals surface area contributed by atoms with E-state index in [9.17, 15) is 0 Å². The number of nitrogens with one attached hydrogen (secondary N) is 2. The number of hydrazine groups is 1. The molecule has 0 aliphatic rings. The highest BCUT2D eigenvalue weighted by atomic mass is 35.5. The Labute approximate surface area is 132 Å². The van der Waals surface area contributed by atoms with Crippen LogP contribution in [-0.4, -0.2) is 48.6 Å². The normalized spacial score (nSPS) is 12.0. The van der Waals surface area contributed by atoms with Gasteiger partial charge in [0.05, 0.1) is 5.69 Å². The van der Waals surface area contributed by atoms with Gasteiger partial charge in [-0.1, -0.05) is 25.4 Å². The van der Waals surface area contributed by atoms with Crippen LogP contribution in [0.3, 0.4) is 0 Å². The summed E-state index contributed by atoms with van der Waals surface area (Å²) in [5.74, 6) is 0. The van der Waals surface area contributed by atoms with Crippen molar-refractivity contribution >= 4 is 23.0 Å². The van der Waals surface area contributed by atoms with E-state index in [1.54, 1.807) is 0 Å². The van der Waals surface area contributed by atoms with Gasteiger partial charge >= 0.3 is 0 Å². The molecule has 0 unspecified atom stereocenters. The number of aliphatic imine (C=N–C) groups is 1. The van der Waals surface area contributed by atoms with Crippen LogP contribution in [-0.2, 0) is 0 Å². The van der Waals surface area contributed by atoms with Gasteiger partial charge < -0.3 is 15.4 Å². The van der Waals surface area contributed by atoms with Gasteiger partial charge in [0.2, 0.25) is 0 Å². The molecule has 0 saturated carbocycles. The SMILES string of the molecule is CCN(CC)CCNNc1cc(Cl)ccc1/C(C)=N/CO. The van der Waals surface area contributed by atoms with E-state index in [-0.39, 0.29) is 6.73 Å². The summed E-state index contributed by atoms with van der Waals surface area (Å²) < 4.78 is 0. The molecule has 0 aliphatic carbocycles. The first-order valence-corrected chi connectivity index (χ1v) is 7.63. The summed E-state index contributed by atoms with van der Waals surface area (Å²) in [7, 11) is 0. The van der Waals surface area contributed by atoms with Crippen molar-refractivity contribution in [3.05, 3.63) is 28.8 Å². The molecule has 1 aromatic rings. The Bertz CT molecular complexity index is 461. The van der Waals surface area contributed by atoms with Gasteiger partial charge in [-0.25, -0.2) is 5.43 Å². The van der Waals surface area contributed by atoms with Crippen molar-refractivity contribution in [2.75, 3.05) is 38.3 Å². The maximum absolute atomic E-state index is 8.92. The van der Waals surface area contributed by atoms with Crippen LogP contribution in [0.2, 0.25) is 5.02 Å². The summed E-state index contributed by atoms with van der Waals surface area (Å²) in [6.07, 6.45) is 0. The largest absolute Gasteiger partial charge is 0.375 e. The van der Waals surface area contributed by atoms with E-state index < -0.39 is 0 Å². The zero-order valence-corrected chi connectivity index (χ0v) is 13.7. The highest BCUT2D eigenvalue weighted by Gasteiger charge is 2.06. The quantitative estimate of drug-likeness (QED) is 0.372. The van der Waals surface area contributed by atoms with Crippen molar-refractivity contribution < 1.29 is 5.11 Å². The fourth-order valence-corrected chi connectivity index (χ4v) is 2.21. The molecule has 0 amide bonds. The van der Waals surface area contributed by atoms with Gasteiger partial charge in [-0.15, -0.1) is 0 Å². The second-order valence-corrected chi connectivity index (χ2v) is 5.09. The van der Waals surface area contributed by atoms with E-state index >= 15 is 0 Å². The van der Waals surface area contributed by atoms with Crippen LogP contribution in [0.1, 0.15) is 26.3 Å². The van der Waals surface area contributed by atoms with Crippen molar-refractivity contribution in [3.63, 3.8) is 0 Å². The number of nitrogens with zero attached hydrogens (tertiary/aromatic N) is 2. The molecule has 3 N–H and O–H groups in total. The van der Waals surface area contributed by atoms with E-state index in [4.69, 9.17) is 16.7 Å². The van der Waals surface area contributed by atoms with Crippen molar-refractivity contribution in [1.82, 2.24) is 10.3 Å². The number of aliphatic hydroxyl groups is 1. The van der Waals surface area contributed by atoms with Crippen molar-refractivity contribution in [2.24, 2.45) is 4.99 Å². The molecular formula is C15H25ClN4O. The Morgan fingerprint density at radius 2 is 2.05 bits per heavy atom. The third-order valence-electron chi connectivity index (χ3n) is 3.35. The number of rotatable bonds is 9. The Balaban J connectivity index is 2.65. The Kier molecular flexibility index (Phi) is 8.30. The van der Waals surface area contributed by atoms with Crippen molar-refractivity contribution in [1.29, 1.82) is 0 Å². The maximum atomic E-state index is 8.92. The molecule has 0 atom stereocenters. The number of benzene rings is 1. The Hall–Kier alpha value is -1.14. The zero-order chi connectivity index (χ0) is 15.7. The van der Waals surface area contributed by atoms with Crippen LogP contribution in [0.25, 0.3) is 0 Å². The van der Waals surface area contributed by atoms with E-state index in [0.717, 1.165) is 43.1 Å². The summed E-state index contributed by atoms with van der Waals surface area (Å²) in [5.41, 5.74) is 8.92. The number of likely N-dealkylation sites (N-methyl/N-ethyl adjacent to an activating group) is 1. The Morgan fingerprint density at radius 1 is 1.33 bits per heavy atom. The molecule has 1 aromatic carbocycles. The molecule has 0 fully saturated rings. The first-order chi connectivity index (χ1) is 10.1. The van der Waals surface area contributed by atoms with E-state index in [1.165, 1.54) is 0 Å². The van der Waals surface area contributed by atoms with Crippen LogP contribution >= 0.6 is 11.6 Å². The minimum absolute atomic E-state index is 0.219. The molecule has 6 heteroatoms. The third kappa shape index (κ3) is 6.01. The smallest absolute Gasteiger partial charge is 0.134 e. The molecule has 0 radical (unpaired) electrons. The van der Waals surface area contributed by atoms with Gasteiger partial charge in [0.1, 0.15) is 6.73 Å². The average Bonchev–Trinajstić information content (AvgIpc) is 2.47. The fourth-order valence-electron chi connectivity index (χ4n) is 2.04. The number of hydrogen-bond acceptors (Lipinski definition) is 5. The zero-order valence-electron chi connectivity index (χ0n) is 13.0. The summed E-state index contributed by atoms with van der Waals surface area (Å²) in [6.45, 7) is 9.83. The van der Waals surface area contributed by atoms with Gasteiger partial charge in [-0.3, -0.25) is 4.99 Å². The molecule has 1 rings (SSSR count). The van der Waals surface area contributed by atoms with E-state index in [2.05, 4.69) is 34.6 Å². The monoisotopic (exact) mass is 312 g/mol. The highest BCUT2D eigenvalue weighted by molar-refractivity contribution is 6.31. The topological polar surface area (TPSA) is 59.9 Å². The number of anilines is 1. The molecule has 0 aliphatic heterocycles. The molecule has 5 nitrogen and oxygen atoms in total. The lowest BCUT2D eigenvalue weighted by atomic mass is 10.1. The first-order valence-electron chi connectivity index (χ1n) is 7.25. The van der Waals surface area contributed by atoms with Crippen LogP contribution in [0.15, 0.2) is 23.2 Å². The number of halogens is 1. The number of hydrogen-bond donors (Lipinski definition) is 3. The van der Waals surface area contributed by atoms with Gasteiger partial charge in [-0.2, -0.15) is 0 Å². The lowest BCUT2D eigenvalue weighted by Gasteiger charge is -2.19. The molecule has 118 valence electrons. The molecule has 0 saturated heterocycles. The second-order valence-electron chi connectivity index (χ2n) is 4.65. The lowest BCUT2D eigenvalue weighted by molar-refractivity contribution is 0.305. The summed E-state index contributed by atoms with van der Waals surface area (Å²) in [4.78, 5) is 6.36. The van der Waals surface area contributed by atoms with Crippen molar-refractivity contribution in [2.45, 2.75) is 20.8 Å². The first kappa shape index (κ1) is 17.9. The molecular weight excluding hydrogens is 288 g/mol.